The molecule has 0 heterocycles. The molecule has 0 spiro atoms. The zero-order valence-electron chi connectivity index (χ0n) is 10.7. The van der Waals surface area contributed by atoms with Crippen LogP contribution in [0.4, 0.5) is 15.8 Å². The molecule has 18 heavy (non-hydrogen) atoms. The van der Waals surface area contributed by atoms with E-state index in [0.29, 0.717) is 6.54 Å². The van der Waals surface area contributed by atoms with Gasteiger partial charge in [-0.25, -0.2) is 4.39 Å². The molecule has 0 aliphatic rings. The van der Waals surface area contributed by atoms with E-state index < -0.39 is 0 Å². The second-order valence-corrected chi connectivity index (χ2v) is 4.35. The molecule has 0 fully saturated rings. The fourth-order valence-electron chi connectivity index (χ4n) is 1.93. The minimum Gasteiger partial charge on any atom is -0.345 e. The number of aryl methyl sites for hydroxylation is 1. The maximum atomic E-state index is 12.9. The second kappa shape index (κ2) is 5.19. The Bertz CT molecular complexity index is 535. The first-order valence-electron chi connectivity index (χ1n) is 5.90. The van der Waals surface area contributed by atoms with Crippen LogP contribution < -0.4 is 10.6 Å². The summed E-state index contributed by atoms with van der Waals surface area (Å²) >= 11 is 0. The standard InChI is InChI=1S/C15H17FN2/c1-11-9-15(6-3-12(11)10-17)18(2)14-7-4-13(16)5-8-14/h3-9H,10,17H2,1-2H3. The van der Waals surface area contributed by atoms with Crippen molar-refractivity contribution in [3.8, 4) is 0 Å². The van der Waals surface area contributed by atoms with Crippen molar-refractivity contribution in [1.82, 2.24) is 0 Å². The van der Waals surface area contributed by atoms with E-state index in [2.05, 4.69) is 6.07 Å². The normalized spacial score (nSPS) is 10.4. The number of hydrogen-bond acceptors (Lipinski definition) is 2. The van der Waals surface area contributed by atoms with Crippen LogP contribution >= 0.6 is 0 Å². The van der Waals surface area contributed by atoms with Gasteiger partial charge < -0.3 is 10.6 Å². The van der Waals surface area contributed by atoms with E-state index in [1.165, 1.54) is 17.7 Å². The molecule has 0 bridgehead atoms. The van der Waals surface area contributed by atoms with Crippen molar-refractivity contribution in [2.45, 2.75) is 13.5 Å². The molecule has 2 aromatic rings. The van der Waals surface area contributed by atoms with Crippen LogP contribution in [0.1, 0.15) is 11.1 Å². The third-order valence-corrected chi connectivity index (χ3v) is 3.15. The molecule has 0 radical (unpaired) electrons. The second-order valence-electron chi connectivity index (χ2n) is 4.35. The van der Waals surface area contributed by atoms with Crippen LogP contribution in [-0.4, -0.2) is 7.05 Å². The lowest BCUT2D eigenvalue weighted by molar-refractivity contribution is 0.628. The Kier molecular flexibility index (Phi) is 3.63. The number of benzene rings is 2. The van der Waals surface area contributed by atoms with Gasteiger partial charge >= 0.3 is 0 Å². The van der Waals surface area contributed by atoms with Crippen LogP contribution in [0.15, 0.2) is 42.5 Å². The first-order chi connectivity index (χ1) is 8.61. The molecule has 0 aromatic heterocycles. The van der Waals surface area contributed by atoms with Crippen LogP contribution in [0.3, 0.4) is 0 Å². The molecule has 0 saturated heterocycles. The smallest absolute Gasteiger partial charge is 0.123 e. The van der Waals surface area contributed by atoms with E-state index in [9.17, 15) is 4.39 Å². The molecule has 3 heteroatoms. The summed E-state index contributed by atoms with van der Waals surface area (Å²) in [6.45, 7) is 2.59. The number of anilines is 2. The lowest BCUT2D eigenvalue weighted by atomic mass is 10.1. The van der Waals surface area contributed by atoms with Gasteiger partial charge in [-0.1, -0.05) is 6.07 Å². The lowest BCUT2D eigenvalue weighted by Crippen LogP contribution is -2.10. The minimum atomic E-state index is -0.221. The van der Waals surface area contributed by atoms with Crippen molar-refractivity contribution in [2.24, 2.45) is 5.73 Å². The van der Waals surface area contributed by atoms with Crippen molar-refractivity contribution < 1.29 is 4.39 Å². The van der Waals surface area contributed by atoms with Gasteiger partial charge in [0.1, 0.15) is 5.82 Å². The number of rotatable bonds is 3. The van der Waals surface area contributed by atoms with Gasteiger partial charge in [-0.3, -0.25) is 0 Å². The SMILES string of the molecule is Cc1cc(N(C)c2ccc(F)cc2)ccc1CN. The predicted octanol–water partition coefficient (Wildman–Crippen LogP) is 3.36. The fraction of sp³-hybridized carbons (Fsp3) is 0.200. The highest BCUT2D eigenvalue weighted by molar-refractivity contribution is 5.63. The lowest BCUT2D eigenvalue weighted by Gasteiger charge is -2.20. The first-order valence-corrected chi connectivity index (χ1v) is 5.90. The molecule has 94 valence electrons. The third-order valence-electron chi connectivity index (χ3n) is 3.15. The number of halogens is 1. The Hall–Kier alpha value is -1.87. The number of hydrogen-bond donors (Lipinski definition) is 1. The van der Waals surface area contributed by atoms with Crippen LogP contribution in [0.25, 0.3) is 0 Å². The molecule has 0 aliphatic heterocycles. The minimum absolute atomic E-state index is 0.221. The topological polar surface area (TPSA) is 29.3 Å². The van der Waals surface area contributed by atoms with Gasteiger partial charge in [0.05, 0.1) is 0 Å². The van der Waals surface area contributed by atoms with Gasteiger partial charge in [0.2, 0.25) is 0 Å². The van der Waals surface area contributed by atoms with Crippen LogP contribution in [0.5, 0.6) is 0 Å². The molecule has 0 unspecified atom stereocenters. The molecule has 2 aromatic carbocycles. The van der Waals surface area contributed by atoms with Crippen LogP contribution in [-0.2, 0) is 6.54 Å². The Morgan fingerprint density at radius 3 is 2.22 bits per heavy atom. The van der Waals surface area contributed by atoms with Crippen molar-refractivity contribution >= 4 is 11.4 Å². The van der Waals surface area contributed by atoms with Crippen molar-refractivity contribution in [1.29, 1.82) is 0 Å². The zero-order valence-corrected chi connectivity index (χ0v) is 10.7. The average molecular weight is 244 g/mol. The molecular weight excluding hydrogens is 227 g/mol. The highest BCUT2D eigenvalue weighted by atomic mass is 19.1. The number of nitrogens with zero attached hydrogens (tertiary/aromatic N) is 1. The molecule has 0 aliphatic carbocycles. The van der Waals surface area contributed by atoms with E-state index in [1.807, 2.05) is 31.0 Å². The summed E-state index contributed by atoms with van der Waals surface area (Å²) in [7, 11) is 1.96. The zero-order chi connectivity index (χ0) is 13.1. The average Bonchev–Trinajstić information content (AvgIpc) is 2.38. The van der Waals surface area contributed by atoms with E-state index in [0.717, 1.165) is 16.9 Å². The van der Waals surface area contributed by atoms with Gasteiger partial charge in [0.25, 0.3) is 0 Å². The Labute approximate surface area is 107 Å². The summed E-state index contributed by atoms with van der Waals surface area (Å²) < 4.78 is 12.9. The van der Waals surface area contributed by atoms with Gasteiger partial charge in [0, 0.05) is 25.0 Å². The molecule has 2 N–H and O–H groups in total. The highest BCUT2D eigenvalue weighted by Gasteiger charge is 2.05. The van der Waals surface area contributed by atoms with E-state index in [4.69, 9.17) is 5.73 Å². The molecule has 0 saturated carbocycles. The molecule has 2 nitrogen and oxygen atoms in total. The van der Waals surface area contributed by atoms with Gasteiger partial charge in [-0.05, 0) is 54.4 Å². The summed E-state index contributed by atoms with van der Waals surface area (Å²) in [5, 5.41) is 0. The number of nitrogens with two attached hydrogens (primary N) is 1. The van der Waals surface area contributed by atoms with Crippen molar-refractivity contribution in [2.75, 3.05) is 11.9 Å². The maximum absolute atomic E-state index is 12.9. The van der Waals surface area contributed by atoms with Crippen LogP contribution in [0.2, 0.25) is 0 Å². The fourth-order valence-corrected chi connectivity index (χ4v) is 1.93. The molecule has 0 amide bonds. The predicted molar refractivity (Wildman–Crippen MR) is 73.5 cm³/mol. The monoisotopic (exact) mass is 244 g/mol. The molecular formula is C15H17FN2. The summed E-state index contributed by atoms with van der Waals surface area (Å²) in [4.78, 5) is 2.02. The maximum Gasteiger partial charge on any atom is 0.123 e. The van der Waals surface area contributed by atoms with E-state index >= 15 is 0 Å². The largest absolute Gasteiger partial charge is 0.345 e. The summed E-state index contributed by atoms with van der Waals surface area (Å²) in [5.41, 5.74) is 9.99. The van der Waals surface area contributed by atoms with Crippen LogP contribution in [0, 0.1) is 12.7 Å². The quantitative estimate of drug-likeness (QED) is 0.897. The molecule has 0 atom stereocenters. The summed E-state index contributed by atoms with van der Waals surface area (Å²) in [6, 6.07) is 12.6. The highest BCUT2D eigenvalue weighted by Crippen LogP contribution is 2.25. The molecule has 2 rings (SSSR count). The van der Waals surface area contributed by atoms with Crippen molar-refractivity contribution in [3.05, 3.63) is 59.4 Å². The summed E-state index contributed by atoms with van der Waals surface area (Å²) in [6.07, 6.45) is 0. The van der Waals surface area contributed by atoms with Crippen molar-refractivity contribution in [3.63, 3.8) is 0 Å². The first kappa shape index (κ1) is 12.6. The van der Waals surface area contributed by atoms with Gasteiger partial charge in [-0.15, -0.1) is 0 Å². The Balaban J connectivity index is 2.31. The summed E-state index contributed by atoms with van der Waals surface area (Å²) in [5.74, 6) is -0.221. The van der Waals surface area contributed by atoms with Gasteiger partial charge in [-0.2, -0.15) is 0 Å². The Morgan fingerprint density at radius 2 is 1.67 bits per heavy atom. The van der Waals surface area contributed by atoms with E-state index in [-0.39, 0.29) is 5.82 Å². The Morgan fingerprint density at radius 1 is 1.06 bits per heavy atom. The van der Waals surface area contributed by atoms with Gasteiger partial charge in [0.15, 0.2) is 0 Å². The third kappa shape index (κ3) is 2.51. The van der Waals surface area contributed by atoms with E-state index in [1.54, 1.807) is 12.1 Å².